The molecule has 104 valence electrons. The number of hydrogen-bond donors (Lipinski definition) is 2. The summed E-state index contributed by atoms with van der Waals surface area (Å²) in [6.45, 7) is 2.34. The summed E-state index contributed by atoms with van der Waals surface area (Å²) in [4.78, 5) is 11.8. The van der Waals surface area contributed by atoms with E-state index in [2.05, 4.69) is 15.8 Å². The molecular weight excluding hydrogens is 242 g/mol. The van der Waals surface area contributed by atoms with Crippen molar-refractivity contribution in [3.63, 3.8) is 0 Å². The topological polar surface area (TPSA) is 53.6 Å². The Labute approximate surface area is 113 Å². The average molecular weight is 263 g/mol. The number of piperidine rings is 1. The summed E-state index contributed by atoms with van der Waals surface area (Å²) in [5.41, 5.74) is 3.91. The van der Waals surface area contributed by atoms with E-state index < -0.39 is 0 Å². The van der Waals surface area contributed by atoms with Crippen LogP contribution in [-0.4, -0.2) is 37.7 Å². The lowest BCUT2D eigenvalue weighted by Gasteiger charge is -2.26. The fourth-order valence-electron chi connectivity index (χ4n) is 2.14. The molecule has 1 aromatic rings. The number of carbonyl (C=O) groups excluding carboxylic acids is 1. The Kier molecular flexibility index (Phi) is 5.18. The summed E-state index contributed by atoms with van der Waals surface area (Å²) in [6, 6.07) is 7.36. The Morgan fingerprint density at radius 3 is 2.84 bits per heavy atom. The Morgan fingerprint density at radius 2 is 2.11 bits per heavy atom. The van der Waals surface area contributed by atoms with Crippen molar-refractivity contribution in [3.05, 3.63) is 24.3 Å². The van der Waals surface area contributed by atoms with Crippen molar-refractivity contribution < 1.29 is 9.53 Å². The first-order valence-electron chi connectivity index (χ1n) is 6.70. The van der Waals surface area contributed by atoms with Gasteiger partial charge in [0.15, 0.2) is 0 Å². The van der Waals surface area contributed by atoms with E-state index in [1.54, 1.807) is 13.2 Å². The van der Waals surface area contributed by atoms with Gasteiger partial charge in [-0.1, -0.05) is 12.5 Å². The molecule has 0 atom stereocenters. The lowest BCUT2D eigenvalue weighted by molar-refractivity contribution is -0.116. The van der Waals surface area contributed by atoms with Crippen LogP contribution in [0.2, 0.25) is 0 Å². The smallest absolute Gasteiger partial charge is 0.239 e. The standard InChI is InChI=1S/C14H21N3O2/c1-19-13-7-5-6-12(10-13)16-14(18)11-15-17-8-3-2-4-9-17/h5-7,10,15H,2-4,8-9,11H2,1H3,(H,16,18). The molecule has 0 bridgehead atoms. The lowest BCUT2D eigenvalue weighted by Crippen LogP contribution is -2.45. The van der Waals surface area contributed by atoms with Crippen LogP contribution in [0.4, 0.5) is 5.69 Å². The van der Waals surface area contributed by atoms with Crippen molar-refractivity contribution in [2.24, 2.45) is 0 Å². The number of nitrogens with zero attached hydrogens (tertiary/aromatic N) is 1. The molecule has 2 N–H and O–H groups in total. The van der Waals surface area contributed by atoms with Gasteiger partial charge in [-0.25, -0.2) is 10.4 Å². The molecule has 1 aliphatic rings. The minimum atomic E-state index is -0.0428. The van der Waals surface area contributed by atoms with Gasteiger partial charge in [-0.3, -0.25) is 4.79 Å². The number of nitrogens with one attached hydrogen (secondary N) is 2. The summed E-state index contributed by atoms with van der Waals surface area (Å²) >= 11 is 0. The second kappa shape index (κ2) is 7.11. The molecule has 0 unspecified atom stereocenters. The van der Waals surface area contributed by atoms with Crippen LogP contribution < -0.4 is 15.5 Å². The minimum Gasteiger partial charge on any atom is -0.497 e. The van der Waals surface area contributed by atoms with Crippen LogP contribution in [0, 0.1) is 0 Å². The van der Waals surface area contributed by atoms with E-state index in [0.717, 1.165) is 24.5 Å². The van der Waals surface area contributed by atoms with Crippen molar-refractivity contribution in [3.8, 4) is 5.75 Å². The van der Waals surface area contributed by atoms with Crippen molar-refractivity contribution in [1.29, 1.82) is 0 Å². The van der Waals surface area contributed by atoms with E-state index in [1.165, 1.54) is 19.3 Å². The molecule has 0 aromatic heterocycles. The Balaban J connectivity index is 1.76. The molecule has 0 saturated carbocycles. The highest BCUT2D eigenvalue weighted by Gasteiger charge is 2.11. The number of methoxy groups -OCH3 is 1. The van der Waals surface area contributed by atoms with Gasteiger partial charge in [0.05, 0.1) is 13.7 Å². The first-order chi connectivity index (χ1) is 9.28. The molecule has 1 saturated heterocycles. The third kappa shape index (κ3) is 4.54. The lowest BCUT2D eigenvalue weighted by atomic mass is 10.2. The van der Waals surface area contributed by atoms with Crippen LogP contribution in [-0.2, 0) is 4.79 Å². The van der Waals surface area contributed by atoms with E-state index in [4.69, 9.17) is 4.74 Å². The van der Waals surface area contributed by atoms with Crippen molar-refractivity contribution in [2.75, 3.05) is 32.1 Å². The van der Waals surface area contributed by atoms with E-state index in [9.17, 15) is 4.79 Å². The second-order valence-corrected chi connectivity index (χ2v) is 4.66. The van der Waals surface area contributed by atoms with E-state index in [1.807, 2.05) is 18.2 Å². The van der Waals surface area contributed by atoms with E-state index in [0.29, 0.717) is 6.54 Å². The van der Waals surface area contributed by atoms with Gasteiger partial charge in [0.1, 0.15) is 5.75 Å². The molecule has 1 amide bonds. The number of carbonyl (C=O) groups is 1. The molecule has 19 heavy (non-hydrogen) atoms. The van der Waals surface area contributed by atoms with Crippen LogP contribution in [0.1, 0.15) is 19.3 Å². The first kappa shape index (κ1) is 13.8. The zero-order valence-corrected chi connectivity index (χ0v) is 11.3. The Hall–Kier alpha value is -1.59. The zero-order chi connectivity index (χ0) is 13.5. The molecular formula is C14H21N3O2. The summed E-state index contributed by atoms with van der Waals surface area (Å²) in [6.07, 6.45) is 3.68. The van der Waals surface area contributed by atoms with Crippen LogP contribution in [0.25, 0.3) is 0 Å². The fourth-order valence-corrected chi connectivity index (χ4v) is 2.14. The molecule has 1 fully saturated rings. The molecule has 2 rings (SSSR count). The van der Waals surface area contributed by atoms with Crippen LogP contribution >= 0.6 is 0 Å². The second-order valence-electron chi connectivity index (χ2n) is 4.66. The molecule has 0 spiro atoms. The number of rotatable bonds is 5. The Bertz CT molecular complexity index is 417. The predicted molar refractivity (Wildman–Crippen MR) is 75.1 cm³/mol. The largest absolute Gasteiger partial charge is 0.497 e. The maximum atomic E-state index is 11.8. The van der Waals surface area contributed by atoms with Crippen LogP contribution in [0.3, 0.4) is 0 Å². The van der Waals surface area contributed by atoms with Crippen molar-refractivity contribution in [2.45, 2.75) is 19.3 Å². The van der Waals surface area contributed by atoms with Crippen LogP contribution in [0.5, 0.6) is 5.75 Å². The SMILES string of the molecule is COc1cccc(NC(=O)CNN2CCCCC2)c1. The molecule has 1 aliphatic heterocycles. The van der Waals surface area contributed by atoms with Gasteiger partial charge < -0.3 is 10.1 Å². The highest BCUT2D eigenvalue weighted by Crippen LogP contribution is 2.16. The molecule has 1 heterocycles. The maximum absolute atomic E-state index is 11.8. The molecule has 5 nitrogen and oxygen atoms in total. The number of hydrogen-bond acceptors (Lipinski definition) is 4. The van der Waals surface area contributed by atoms with Gasteiger partial charge in [0, 0.05) is 24.8 Å². The number of hydrazine groups is 1. The van der Waals surface area contributed by atoms with Crippen molar-refractivity contribution in [1.82, 2.24) is 10.4 Å². The summed E-state index contributed by atoms with van der Waals surface area (Å²) in [5, 5.41) is 4.97. The predicted octanol–water partition coefficient (Wildman–Crippen LogP) is 1.62. The maximum Gasteiger partial charge on any atom is 0.239 e. The quantitative estimate of drug-likeness (QED) is 0.847. The average Bonchev–Trinajstić information content (AvgIpc) is 2.46. The monoisotopic (exact) mass is 263 g/mol. The highest BCUT2D eigenvalue weighted by atomic mass is 16.5. The van der Waals surface area contributed by atoms with Gasteiger partial charge >= 0.3 is 0 Å². The van der Waals surface area contributed by atoms with Gasteiger partial charge in [-0.15, -0.1) is 0 Å². The number of anilines is 1. The van der Waals surface area contributed by atoms with E-state index >= 15 is 0 Å². The summed E-state index contributed by atoms with van der Waals surface area (Å²) in [7, 11) is 1.61. The molecule has 0 aliphatic carbocycles. The summed E-state index contributed by atoms with van der Waals surface area (Å²) in [5.74, 6) is 0.695. The van der Waals surface area contributed by atoms with Gasteiger partial charge in [-0.2, -0.15) is 0 Å². The van der Waals surface area contributed by atoms with Gasteiger partial charge in [-0.05, 0) is 25.0 Å². The van der Waals surface area contributed by atoms with Gasteiger partial charge in [0.2, 0.25) is 5.91 Å². The first-order valence-corrected chi connectivity index (χ1v) is 6.70. The molecule has 1 aromatic carbocycles. The normalized spacial score (nSPS) is 16.1. The Morgan fingerprint density at radius 1 is 1.32 bits per heavy atom. The number of amides is 1. The minimum absolute atomic E-state index is 0.0428. The molecule has 0 radical (unpaired) electrons. The fraction of sp³-hybridized carbons (Fsp3) is 0.500. The van der Waals surface area contributed by atoms with E-state index in [-0.39, 0.29) is 5.91 Å². The zero-order valence-electron chi connectivity index (χ0n) is 11.3. The third-order valence-electron chi connectivity index (χ3n) is 3.17. The molecule has 5 heteroatoms. The number of benzene rings is 1. The van der Waals surface area contributed by atoms with Gasteiger partial charge in [0.25, 0.3) is 0 Å². The van der Waals surface area contributed by atoms with Crippen LogP contribution in [0.15, 0.2) is 24.3 Å². The number of ether oxygens (including phenoxy) is 1. The summed E-state index contributed by atoms with van der Waals surface area (Å²) < 4.78 is 5.12. The highest BCUT2D eigenvalue weighted by molar-refractivity contribution is 5.92. The van der Waals surface area contributed by atoms with Crippen molar-refractivity contribution >= 4 is 11.6 Å². The third-order valence-corrected chi connectivity index (χ3v) is 3.17.